The number of carbonyl (C=O) groups is 1. The van der Waals surface area contributed by atoms with Gasteiger partial charge in [0.25, 0.3) is 0 Å². The summed E-state index contributed by atoms with van der Waals surface area (Å²) in [5.41, 5.74) is 0.929. The summed E-state index contributed by atoms with van der Waals surface area (Å²) in [6.45, 7) is 2.49. The van der Waals surface area contributed by atoms with E-state index in [4.69, 9.17) is 23.2 Å². The Morgan fingerprint density at radius 2 is 2.05 bits per heavy atom. The van der Waals surface area contributed by atoms with Crippen LogP contribution in [0.1, 0.15) is 24.9 Å². The lowest BCUT2D eigenvalue weighted by Crippen LogP contribution is -2.40. The number of rotatable bonds is 5. The number of carbonyl (C=O) groups excluding carboxylic acids is 1. The molecule has 122 valence electrons. The third kappa shape index (κ3) is 5.73. The molecule has 2 N–H and O–H groups in total. The Balaban J connectivity index is 2.57. The first-order valence-corrected chi connectivity index (χ1v) is 7.73. The number of nitrogens with zero attached hydrogens (tertiary/aromatic N) is 2. The van der Waals surface area contributed by atoms with Crippen molar-refractivity contribution >= 4 is 35.1 Å². The first-order valence-electron chi connectivity index (χ1n) is 6.97. The Hall–Kier alpha value is -1.46. The summed E-state index contributed by atoms with van der Waals surface area (Å²) in [5.74, 6) is 0.682. The van der Waals surface area contributed by atoms with E-state index in [1.54, 1.807) is 38.2 Å². The third-order valence-corrected chi connectivity index (χ3v) is 3.70. The minimum absolute atomic E-state index is 0.0412. The van der Waals surface area contributed by atoms with Crippen molar-refractivity contribution < 1.29 is 4.79 Å². The molecule has 0 aliphatic heterocycles. The zero-order valence-corrected chi connectivity index (χ0v) is 14.8. The lowest BCUT2D eigenvalue weighted by atomic mass is 10.1. The van der Waals surface area contributed by atoms with Crippen molar-refractivity contribution in [1.82, 2.24) is 15.5 Å². The van der Waals surface area contributed by atoms with Crippen molar-refractivity contribution in [1.29, 1.82) is 0 Å². The fraction of sp³-hybridized carbons (Fsp3) is 0.467. The first-order chi connectivity index (χ1) is 10.3. The van der Waals surface area contributed by atoms with Gasteiger partial charge in [0.1, 0.15) is 0 Å². The molecule has 0 bridgehead atoms. The van der Waals surface area contributed by atoms with Gasteiger partial charge in [-0.3, -0.25) is 9.79 Å². The number of halogens is 2. The molecule has 1 unspecified atom stereocenters. The van der Waals surface area contributed by atoms with E-state index in [-0.39, 0.29) is 11.9 Å². The summed E-state index contributed by atoms with van der Waals surface area (Å²) in [6, 6.07) is 5.35. The lowest BCUT2D eigenvalue weighted by molar-refractivity contribution is -0.128. The molecule has 0 saturated carbocycles. The summed E-state index contributed by atoms with van der Waals surface area (Å²) >= 11 is 12.1. The molecule has 0 fully saturated rings. The van der Waals surface area contributed by atoms with Crippen LogP contribution in [0.3, 0.4) is 0 Å². The molecule has 1 aromatic rings. The van der Waals surface area contributed by atoms with Crippen LogP contribution >= 0.6 is 23.2 Å². The van der Waals surface area contributed by atoms with E-state index in [9.17, 15) is 4.79 Å². The summed E-state index contributed by atoms with van der Waals surface area (Å²) < 4.78 is 0. The Labute approximate surface area is 141 Å². The van der Waals surface area contributed by atoms with E-state index >= 15 is 0 Å². The summed E-state index contributed by atoms with van der Waals surface area (Å²) in [4.78, 5) is 17.2. The molecule has 5 nitrogen and oxygen atoms in total. The van der Waals surface area contributed by atoms with Gasteiger partial charge >= 0.3 is 0 Å². The van der Waals surface area contributed by atoms with Crippen molar-refractivity contribution in [2.45, 2.75) is 19.4 Å². The van der Waals surface area contributed by atoms with Crippen molar-refractivity contribution in [3.63, 3.8) is 0 Å². The zero-order chi connectivity index (χ0) is 16.7. The van der Waals surface area contributed by atoms with Gasteiger partial charge in [-0.1, -0.05) is 29.3 Å². The molecule has 1 atom stereocenters. The Morgan fingerprint density at radius 3 is 2.59 bits per heavy atom. The number of hydrogen-bond acceptors (Lipinski definition) is 2. The van der Waals surface area contributed by atoms with E-state index < -0.39 is 0 Å². The van der Waals surface area contributed by atoms with Gasteiger partial charge in [0.15, 0.2) is 5.96 Å². The maximum Gasteiger partial charge on any atom is 0.223 e. The SMILES string of the molecule is CN=C(NCCC(=O)N(C)C)NC(C)c1ccc(Cl)cc1Cl. The zero-order valence-electron chi connectivity index (χ0n) is 13.3. The fourth-order valence-electron chi connectivity index (χ4n) is 1.84. The molecule has 0 radical (unpaired) electrons. The summed E-state index contributed by atoms with van der Waals surface area (Å²) in [6.07, 6.45) is 0.407. The minimum Gasteiger partial charge on any atom is -0.356 e. The van der Waals surface area contributed by atoms with Crippen LogP contribution in [0.4, 0.5) is 0 Å². The second kappa shape index (κ2) is 8.86. The predicted molar refractivity (Wildman–Crippen MR) is 92.7 cm³/mol. The van der Waals surface area contributed by atoms with Gasteiger partial charge in [0.05, 0.1) is 6.04 Å². The first kappa shape index (κ1) is 18.6. The molecular formula is C15H22Cl2N4O. The van der Waals surface area contributed by atoms with Crippen LogP contribution in [0, 0.1) is 0 Å². The van der Waals surface area contributed by atoms with Crippen molar-refractivity contribution in [2.24, 2.45) is 4.99 Å². The second-order valence-electron chi connectivity index (χ2n) is 5.07. The van der Waals surface area contributed by atoms with E-state index in [2.05, 4.69) is 15.6 Å². The van der Waals surface area contributed by atoms with Crippen LogP contribution in [-0.2, 0) is 4.79 Å². The van der Waals surface area contributed by atoms with Gasteiger partial charge < -0.3 is 15.5 Å². The third-order valence-electron chi connectivity index (χ3n) is 3.14. The Bertz CT molecular complexity index is 546. The van der Waals surface area contributed by atoms with E-state index in [0.29, 0.717) is 29.0 Å². The molecule has 22 heavy (non-hydrogen) atoms. The standard InChI is InChI=1S/C15H22Cl2N4O/c1-10(12-6-5-11(16)9-13(12)17)20-15(18-2)19-8-7-14(22)21(3)4/h5-6,9-10H,7-8H2,1-4H3,(H2,18,19,20). The normalized spacial score (nSPS) is 12.7. The average Bonchev–Trinajstić information content (AvgIpc) is 2.45. The average molecular weight is 345 g/mol. The molecule has 0 saturated heterocycles. The molecule has 1 amide bonds. The number of amides is 1. The van der Waals surface area contributed by atoms with Crippen LogP contribution < -0.4 is 10.6 Å². The quantitative estimate of drug-likeness (QED) is 0.637. The highest BCUT2D eigenvalue weighted by Crippen LogP contribution is 2.25. The van der Waals surface area contributed by atoms with E-state index in [1.807, 2.05) is 13.0 Å². The molecule has 0 aliphatic rings. The topological polar surface area (TPSA) is 56.7 Å². The van der Waals surface area contributed by atoms with Gasteiger partial charge in [-0.05, 0) is 24.6 Å². The molecule has 1 rings (SSSR count). The highest BCUT2D eigenvalue weighted by atomic mass is 35.5. The highest BCUT2D eigenvalue weighted by molar-refractivity contribution is 6.35. The van der Waals surface area contributed by atoms with Crippen LogP contribution in [0.25, 0.3) is 0 Å². The lowest BCUT2D eigenvalue weighted by Gasteiger charge is -2.19. The van der Waals surface area contributed by atoms with Crippen molar-refractivity contribution in [2.75, 3.05) is 27.7 Å². The highest BCUT2D eigenvalue weighted by Gasteiger charge is 2.12. The number of nitrogens with one attached hydrogen (secondary N) is 2. The van der Waals surface area contributed by atoms with E-state index in [0.717, 1.165) is 5.56 Å². The van der Waals surface area contributed by atoms with Crippen LogP contribution in [0.5, 0.6) is 0 Å². The Kier molecular flexibility index (Phi) is 7.48. The molecule has 0 spiro atoms. The molecule has 0 aromatic heterocycles. The van der Waals surface area contributed by atoms with Gasteiger partial charge in [-0.25, -0.2) is 0 Å². The van der Waals surface area contributed by atoms with Crippen molar-refractivity contribution in [3.8, 4) is 0 Å². The van der Waals surface area contributed by atoms with Gasteiger partial charge in [0.2, 0.25) is 5.91 Å². The van der Waals surface area contributed by atoms with Crippen molar-refractivity contribution in [3.05, 3.63) is 33.8 Å². The molecule has 0 aliphatic carbocycles. The van der Waals surface area contributed by atoms with Crippen LogP contribution in [-0.4, -0.2) is 44.5 Å². The predicted octanol–water partition coefficient (Wildman–Crippen LogP) is 2.70. The van der Waals surface area contributed by atoms with Gasteiger partial charge in [0, 0.05) is 44.2 Å². The molecule has 1 aromatic carbocycles. The number of benzene rings is 1. The monoisotopic (exact) mass is 344 g/mol. The van der Waals surface area contributed by atoms with Gasteiger partial charge in [-0.15, -0.1) is 0 Å². The maximum absolute atomic E-state index is 11.5. The molecule has 0 heterocycles. The fourth-order valence-corrected chi connectivity index (χ4v) is 2.41. The van der Waals surface area contributed by atoms with E-state index in [1.165, 1.54) is 0 Å². The smallest absolute Gasteiger partial charge is 0.223 e. The van der Waals surface area contributed by atoms with Gasteiger partial charge in [-0.2, -0.15) is 0 Å². The maximum atomic E-state index is 11.5. The summed E-state index contributed by atoms with van der Waals surface area (Å²) in [7, 11) is 5.15. The minimum atomic E-state index is -0.0412. The van der Waals surface area contributed by atoms with Crippen LogP contribution in [0.2, 0.25) is 10.0 Å². The second-order valence-corrected chi connectivity index (χ2v) is 5.91. The largest absolute Gasteiger partial charge is 0.356 e. The number of hydrogen-bond donors (Lipinski definition) is 2. The summed E-state index contributed by atoms with van der Waals surface area (Å²) in [5, 5.41) is 7.55. The molecular weight excluding hydrogens is 323 g/mol. The van der Waals surface area contributed by atoms with Crippen LogP contribution in [0.15, 0.2) is 23.2 Å². The number of aliphatic imine (C=N–C) groups is 1. The Morgan fingerprint density at radius 1 is 1.36 bits per heavy atom. The number of guanidine groups is 1. The molecule has 7 heteroatoms.